The lowest BCUT2D eigenvalue weighted by Crippen LogP contribution is -2.34. The summed E-state index contributed by atoms with van der Waals surface area (Å²) in [6.45, 7) is 5.78. The van der Waals surface area contributed by atoms with Crippen LogP contribution in [0.5, 0.6) is 0 Å². The summed E-state index contributed by atoms with van der Waals surface area (Å²) in [7, 11) is 1.71. The first kappa shape index (κ1) is 21.2. The van der Waals surface area contributed by atoms with Crippen LogP contribution in [0.4, 0.5) is 15.9 Å². The Kier molecular flexibility index (Phi) is 6.19. The maximum absolute atomic E-state index is 13.7. The van der Waals surface area contributed by atoms with Crippen LogP contribution in [-0.4, -0.2) is 53.4 Å². The van der Waals surface area contributed by atoms with E-state index in [1.165, 1.54) is 12.1 Å². The highest BCUT2D eigenvalue weighted by atomic mass is 19.1. The van der Waals surface area contributed by atoms with Gasteiger partial charge in [0.15, 0.2) is 0 Å². The van der Waals surface area contributed by atoms with E-state index in [1.807, 2.05) is 31.7 Å². The van der Waals surface area contributed by atoms with Crippen molar-refractivity contribution in [3.63, 3.8) is 0 Å². The standard InChI is InChI=1S/C22H28FN3O3/c1-13(2)22(29)25(4)20-10-24-21(26-11-17(28)8-16(26)12-27)9-19(20)18-6-5-15(23)7-14(18)3/h5-7,9-10,13,16-17,27-28H,8,11-12H2,1-4H3. The number of benzene rings is 1. The van der Waals surface area contributed by atoms with E-state index in [9.17, 15) is 19.4 Å². The monoisotopic (exact) mass is 401 g/mol. The molecule has 2 N–H and O–H groups in total. The topological polar surface area (TPSA) is 76.9 Å². The van der Waals surface area contributed by atoms with Crippen LogP contribution in [0.1, 0.15) is 25.8 Å². The Balaban J connectivity index is 2.13. The van der Waals surface area contributed by atoms with Gasteiger partial charge in [-0.3, -0.25) is 4.79 Å². The highest BCUT2D eigenvalue weighted by molar-refractivity contribution is 5.98. The summed E-state index contributed by atoms with van der Waals surface area (Å²) >= 11 is 0. The van der Waals surface area contributed by atoms with E-state index in [1.54, 1.807) is 24.2 Å². The molecule has 0 aliphatic carbocycles. The summed E-state index contributed by atoms with van der Waals surface area (Å²) in [5, 5.41) is 19.7. The maximum Gasteiger partial charge on any atom is 0.229 e. The van der Waals surface area contributed by atoms with Crippen molar-refractivity contribution in [3.05, 3.63) is 41.8 Å². The summed E-state index contributed by atoms with van der Waals surface area (Å²) < 4.78 is 13.7. The molecule has 2 atom stereocenters. The predicted molar refractivity (Wildman–Crippen MR) is 111 cm³/mol. The average Bonchev–Trinajstić information content (AvgIpc) is 3.07. The molecule has 1 saturated heterocycles. The zero-order chi connectivity index (χ0) is 21.3. The van der Waals surface area contributed by atoms with Gasteiger partial charge < -0.3 is 20.0 Å². The molecule has 0 saturated carbocycles. The zero-order valence-electron chi connectivity index (χ0n) is 17.3. The van der Waals surface area contributed by atoms with Gasteiger partial charge in [0.1, 0.15) is 11.6 Å². The van der Waals surface area contributed by atoms with Gasteiger partial charge in [0.05, 0.1) is 30.6 Å². The van der Waals surface area contributed by atoms with Gasteiger partial charge in [0.2, 0.25) is 5.91 Å². The molecule has 0 radical (unpaired) electrons. The third-order valence-corrected chi connectivity index (χ3v) is 5.43. The molecule has 156 valence electrons. The fourth-order valence-corrected chi connectivity index (χ4v) is 3.86. The third kappa shape index (κ3) is 4.26. The molecular weight excluding hydrogens is 373 g/mol. The number of β-amino-alcohol motifs (C(OH)–C–C–N with tert-alkyl or cyclic N) is 1. The number of pyridine rings is 1. The SMILES string of the molecule is Cc1cc(F)ccc1-c1cc(N2CC(O)CC2CO)ncc1N(C)C(=O)C(C)C. The van der Waals surface area contributed by atoms with Gasteiger partial charge in [0.25, 0.3) is 0 Å². The van der Waals surface area contributed by atoms with Crippen molar-refractivity contribution in [3.8, 4) is 11.1 Å². The van der Waals surface area contributed by atoms with E-state index in [2.05, 4.69) is 4.98 Å². The summed E-state index contributed by atoms with van der Waals surface area (Å²) in [5.74, 6) is 0.0462. The molecule has 0 bridgehead atoms. The molecule has 2 unspecified atom stereocenters. The lowest BCUT2D eigenvalue weighted by Gasteiger charge is -2.27. The van der Waals surface area contributed by atoms with Crippen molar-refractivity contribution in [2.45, 2.75) is 39.3 Å². The smallest absolute Gasteiger partial charge is 0.229 e. The summed E-state index contributed by atoms with van der Waals surface area (Å²) in [6, 6.07) is 6.18. The molecular formula is C22H28FN3O3. The molecule has 7 heteroatoms. The van der Waals surface area contributed by atoms with Crippen LogP contribution < -0.4 is 9.80 Å². The first-order valence-corrected chi connectivity index (χ1v) is 9.82. The van der Waals surface area contributed by atoms with Gasteiger partial charge >= 0.3 is 0 Å². The Morgan fingerprint density at radius 1 is 1.34 bits per heavy atom. The molecule has 1 aliphatic heterocycles. The number of aromatic nitrogens is 1. The molecule has 0 spiro atoms. The van der Waals surface area contributed by atoms with Crippen LogP contribution >= 0.6 is 0 Å². The molecule has 6 nitrogen and oxygen atoms in total. The minimum Gasteiger partial charge on any atom is -0.394 e. The van der Waals surface area contributed by atoms with Gasteiger partial charge in [-0.15, -0.1) is 0 Å². The van der Waals surface area contributed by atoms with E-state index in [0.29, 0.717) is 24.5 Å². The summed E-state index contributed by atoms with van der Waals surface area (Å²) in [5.41, 5.74) is 2.92. The lowest BCUT2D eigenvalue weighted by molar-refractivity contribution is -0.121. The van der Waals surface area contributed by atoms with E-state index in [-0.39, 0.29) is 30.3 Å². The van der Waals surface area contributed by atoms with Crippen LogP contribution in [0.3, 0.4) is 0 Å². The second-order valence-corrected chi connectivity index (χ2v) is 7.95. The second-order valence-electron chi connectivity index (χ2n) is 7.95. The Labute approximate surface area is 170 Å². The number of hydrogen-bond donors (Lipinski definition) is 2. The van der Waals surface area contributed by atoms with E-state index < -0.39 is 6.10 Å². The van der Waals surface area contributed by atoms with Gasteiger partial charge in [-0.1, -0.05) is 19.9 Å². The van der Waals surface area contributed by atoms with Gasteiger partial charge in [0, 0.05) is 25.1 Å². The average molecular weight is 401 g/mol. The number of carbonyl (C=O) groups is 1. The van der Waals surface area contributed by atoms with Gasteiger partial charge in [-0.05, 0) is 42.7 Å². The van der Waals surface area contributed by atoms with Crippen molar-refractivity contribution in [1.82, 2.24) is 4.98 Å². The number of anilines is 2. The minimum absolute atomic E-state index is 0.0506. The number of amides is 1. The maximum atomic E-state index is 13.7. The molecule has 3 rings (SSSR count). The number of rotatable bonds is 5. The molecule has 1 aromatic heterocycles. The largest absolute Gasteiger partial charge is 0.394 e. The number of aryl methyl sites for hydroxylation is 1. The van der Waals surface area contributed by atoms with E-state index >= 15 is 0 Å². The van der Waals surface area contributed by atoms with Crippen molar-refractivity contribution in [2.75, 3.05) is 30.0 Å². The number of aliphatic hydroxyl groups is 2. The van der Waals surface area contributed by atoms with Crippen molar-refractivity contribution >= 4 is 17.4 Å². The van der Waals surface area contributed by atoms with Crippen molar-refractivity contribution in [2.24, 2.45) is 5.92 Å². The number of aliphatic hydroxyl groups excluding tert-OH is 2. The quantitative estimate of drug-likeness (QED) is 0.806. The number of carbonyl (C=O) groups excluding carboxylic acids is 1. The first-order chi connectivity index (χ1) is 13.7. The molecule has 29 heavy (non-hydrogen) atoms. The van der Waals surface area contributed by atoms with Crippen molar-refractivity contribution < 1.29 is 19.4 Å². The molecule has 1 fully saturated rings. The molecule has 1 aromatic carbocycles. The Hall–Kier alpha value is -2.51. The molecule has 2 heterocycles. The molecule has 1 aliphatic rings. The van der Waals surface area contributed by atoms with Gasteiger partial charge in [-0.25, -0.2) is 9.37 Å². The number of nitrogens with zero attached hydrogens (tertiary/aromatic N) is 3. The first-order valence-electron chi connectivity index (χ1n) is 9.82. The van der Waals surface area contributed by atoms with Crippen LogP contribution in [0.15, 0.2) is 30.5 Å². The number of hydrogen-bond acceptors (Lipinski definition) is 5. The predicted octanol–water partition coefficient (Wildman–Crippen LogP) is 2.75. The van der Waals surface area contributed by atoms with Crippen molar-refractivity contribution in [1.29, 1.82) is 0 Å². The Morgan fingerprint density at radius 2 is 2.07 bits per heavy atom. The van der Waals surface area contributed by atoms with Crippen LogP contribution in [0.25, 0.3) is 11.1 Å². The molecule has 2 aromatic rings. The molecule has 1 amide bonds. The van der Waals surface area contributed by atoms with E-state index in [0.717, 1.165) is 16.7 Å². The summed E-state index contributed by atoms with van der Waals surface area (Å²) in [6.07, 6.45) is 1.57. The van der Waals surface area contributed by atoms with E-state index in [4.69, 9.17) is 0 Å². The minimum atomic E-state index is -0.533. The van der Waals surface area contributed by atoms with Crippen LogP contribution in [0.2, 0.25) is 0 Å². The lowest BCUT2D eigenvalue weighted by atomic mass is 9.98. The Bertz CT molecular complexity index is 903. The second kappa shape index (κ2) is 8.47. The van der Waals surface area contributed by atoms with Gasteiger partial charge in [-0.2, -0.15) is 0 Å². The highest BCUT2D eigenvalue weighted by Gasteiger charge is 2.32. The third-order valence-electron chi connectivity index (χ3n) is 5.43. The fraction of sp³-hybridized carbons (Fsp3) is 0.455. The van der Waals surface area contributed by atoms with Crippen LogP contribution in [-0.2, 0) is 4.79 Å². The summed E-state index contributed by atoms with van der Waals surface area (Å²) in [4.78, 5) is 20.6. The van der Waals surface area contributed by atoms with Crippen LogP contribution in [0, 0.1) is 18.7 Å². The normalized spacial score (nSPS) is 19.1. The highest BCUT2D eigenvalue weighted by Crippen LogP contribution is 2.36. The zero-order valence-corrected chi connectivity index (χ0v) is 17.3. The fourth-order valence-electron chi connectivity index (χ4n) is 3.86. The number of halogens is 1. The Morgan fingerprint density at radius 3 is 2.69 bits per heavy atom.